The molecular weight excluding hydrogens is 466 g/mol. The molecule has 3 aliphatic rings. The number of fused-ring (bicyclic) bond motifs is 3. The molecule has 3 aliphatic carbocycles. The Kier molecular flexibility index (Phi) is 5.26. The fraction of sp³-hybridized carbons (Fsp3) is 0.346. The predicted molar refractivity (Wildman–Crippen MR) is 126 cm³/mol. The average molecular weight is 492 g/mol. The Labute approximate surface area is 205 Å². The summed E-state index contributed by atoms with van der Waals surface area (Å²) in [5, 5.41) is 44.4. The zero-order chi connectivity index (χ0) is 26.1. The highest BCUT2D eigenvalue weighted by atomic mass is 16.3. The maximum Gasteiger partial charge on any atom is 0.255 e. The van der Waals surface area contributed by atoms with E-state index in [2.05, 4.69) is 9.97 Å². The SMILES string of the molecule is CC(C)[C@@H]1C(=O)C(C(N)=O)=C(O)[C@@]2(O)C(=O)C3=C(O)c4c(O)ccc(-c5cncnc5)c4C[C@H]3C[C@@H]12. The van der Waals surface area contributed by atoms with E-state index in [9.17, 15) is 34.8 Å². The Morgan fingerprint density at radius 3 is 2.42 bits per heavy atom. The molecule has 1 saturated carbocycles. The monoisotopic (exact) mass is 491 g/mol. The Hall–Kier alpha value is -4.05. The number of carbonyl (C=O) groups is 3. The second-order valence-electron chi connectivity index (χ2n) is 9.94. The van der Waals surface area contributed by atoms with Crippen LogP contribution in [-0.2, 0) is 20.8 Å². The standard InChI is InChI=1S/C26H25N3O7/c1-10(2)17-15-6-11-5-14-13(12-7-28-9-29-8-12)3-4-16(30)19(14)22(32)18(11)23(33)26(15,36)24(34)20(21(17)31)25(27)35/h3-4,7-11,15,17,30,32,34,36H,5-6H2,1-2H3,(H2,27,35)/t11-,15-,17-,26-/m0/s1. The molecule has 186 valence electrons. The van der Waals surface area contributed by atoms with Crippen LogP contribution in [0.5, 0.6) is 5.75 Å². The number of aliphatic hydroxyl groups excluding tert-OH is 2. The van der Waals surface area contributed by atoms with Crippen LogP contribution in [0.4, 0.5) is 0 Å². The Bertz CT molecular complexity index is 1400. The van der Waals surface area contributed by atoms with Gasteiger partial charge >= 0.3 is 0 Å². The molecular formula is C26H25N3O7. The van der Waals surface area contributed by atoms with Gasteiger partial charge in [-0.2, -0.15) is 0 Å². The minimum Gasteiger partial charge on any atom is -0.508 e. The van der Waals surface area contributed by atoms with Gasteiger partial charge in [0, 0.05) is 35.4 Å². The highest BCUT2D eigenvalue weighted by Gasteiger charge is 2.64. The van der Waals surface area contributed by atoms with E-state index in [0.29, 0.717) is 16.7 Å². The van der Waals surface area contributed by atoms with E-state index in [1.807, 2.05) is 0 Å². The summed E-state index contributed by atoms with van der Waals surface area (Å²) in [6.45, 7) is 3.44. The third kappa shape index (κ3) is 3.03. The van der Waals surface area contributed by atoms with Crippen molar-refractivity contribution in [2.75, 3.05) is 0 Å². The summed E-state index contributed by atoms with van der Waals surface area (Å²) in [5.74, 6) is -7.90. The number of nitrogens with two attached hydrogens (primary N) is 1. The minimum atomic E-state index is -2.62. The number of phenolic OH excluding ortho intramolecular Hbond substituents is 1. The van der Waals surface area contributed by atoms with Crippen LogP contribution in [0.2, 0.25) is 0 Å². The molecule has 1 amide bonds. The quantitative estimate of drug-likeness (QED) is 0.399. The first kappa shape index (κ1) is 23.7. The molecule has 36 heavy (non-hydrogen) atoms. The van der Waals surface area contributed by atoms with Crippen LogP contribution in [0.25, 0.3) is 16.9 Å². The molecule has 1 aromatic carbocycles. The number of amides is 1. The van der Waals surface area contributed by atoms with Crippen LogP contribution in [0.3, 0.4) is 0 Å². The molecule has 2 aromatic rings. The summed E-state index contributed by atoms with van der Waals surface area (Å²) in [7, 11) is 0. The summed E-state index contributed by atoms with van der Waals surface area (Å²) >= 11 is 0. The van der Waals surface area contributed by atoms with Crippen molar-refractivity contribution < 1.29 is 34.8 Å². The summed E-state index contributed by atoms with van der Waals surface area (Å²) in [5.41, 5.74) is 3.64. The number of hydrogen-bond donors (Lipinski definition) is 5. The van der Waals surface area contributed by atoms with Crippen LogP contribution in [0.1, 0.15) is 31.4 Å². The molecule has 10 heteroatoms. The summed E-state index contributed by atoms with van der Waals surface area (Å²) in [6, 6.07) is 3.04. The van der Waals surface area contributed by atoms with Gasteiger partial charge in [-0.3, -0.25) is 14.4 Å². The summed E-state index contributed by atoms with van der Waals surface area (Å²) in [6.07, 6.45) is 4.82. The van der Waals surface area contributed by atoms with Crippen molar-refractivity contribution in [3.8, 4) is 16.9 Å². The second-order valence-corrected chi connectivity index (χ2v) is 9.94. The number of Topliss-reactive ketones (excluding diaryl/α,β-unsaturated/α-hetero) is 2. The van der Waals surface area contributed by atoms with Crippen LogP contribution in [0.15, 0.2) is 47.8 Å². The van der Waals surface area contributed by atoms with Gasteiger partial charge in [0.1, 0.15) is 29.2 Å². The van der Waals surface area contributed by atoms with Gasteiger partial charge in [-0.05, 0) is 41.9 Å². The lowest BCUT2D eigenvalue weighted by Gasteiger charge is -2.50. The average Bonchev–Trinajstić information content (AvgIpc) is 2.81. The van der Waals surface area contributed by atoms with Gasteiger partial charge in [0.25, 0.3) is 5.91 Å². The molecule has 0 spiro atoms. The molecule has 10 nitrogen and oxygen atoms in total. The molecule has 0 bridgehead atoms. The maximum absolute atomic E-state index is 13.8. The number of nitrogens with zero attached hydrogens (tertiary/aromatic N) is 2. The first-order chi connectivity index (χ1) is 17.0. The second kappa shape index (κ2) is 7.99. The van der Waals surface area contributed by atoms with Gasteiger partial charge in [0.15, 0.2) is 11.4 Å². The number of benzene rings is 1. The molecule has 1 aromatic heterocycles. The highest BCUT2D eigenvalue weighted by Crippen LogP contribution is 2.55. The molecule has 1 fully saturated rings. The first-order valence-corrected chi connectivity index (χ1v) is 11.6. The lowest BCUT2D eigenvalue weighted by molar-refractivity contribution is -0.155. The number of aromatic nitrogens is 2. The lowest BCUT2D eigenvalue weighted by Crippen LogP contribution is -2.62. The molecule has 0 aliphatic heterocycles. The molecule has 4 atom stereocenters. The van der Waals surface area contributed by atoms with Gasteiger partial charge < -0.3 is 26.2 Å². The van der Waals surface area contributed by atoms with E-state index < -0.39 is 57.9 Å². The molecule has 6 N–H and O–H groups in total. The van der Waals surface area contributed by atoms with Crippen molar-refractivity contribution in [3.05, 3.63) is 58.9 Å². The topological polar surface area (TPSA) is 184 Å². The van der Waals surface area contributed by atoms with E-state index in [1.54, 1.807) is 32.3 Å². The van der Waals surface area contributed by atoms with Crippen molar-refractivity contribution in [2.24, 2.45) is 29.4 Å². The number of aromatic hydroxyl groups is 1. The number of phenols is 1. The fourth-order valence-electron chi connectivity index (χ4n) is 6.19. The number of hydrogen-bond acceptors (Lipinski definition) is 9. The van der Waals surface area contributed by atoms with Gasteiger partial charge in [0.2, 0.25) is 5.78 Å². The summed E-state index contributed by atoms with van der Waals surface area (Å²) in [4.78, 5) is 47.1. The van der Waals surface area contributed by atoms with Crippen molar-refractivity contribution in [1.82, 2.24) is 9.97 Å². The highest BCUT2D eigenvalue weighted by molar-refractivity contribution is 6.23. The molecule has 0 saturated heterocycles. The fourth-order valence-corrected chi connectivity index (χ4v) is 6.19. The van der Waals surface area contributed by atoms with E-state index in [1.165, 1.54) is 12.4 Å². The van der Waals surface area contributed by atoms with E-state index in [4.69, 9.17) is 5.73 Å². The van der Waals surface area contributed by atoms with Crippen molar-refractivity contribution in [3.63, 3.8) is 0 Å². The Morgan fingerprint density at radius 1 is 1.14 bits per heavy atom. The van der Waals surface area contributed by atoms with Gasteiger partial charge in [-0.25, -0.2) is 9.97 Å². The molecule has 5 rings (SSSR count). The van der Waals surface area contributed by atoms with Crippen LogP contribution >= 0.6 is 0 Å². The summed E-state index contributed by atoms with van der Waals surface area (Å²) < 4.78 is 0. The maximum atomic E-state index is 13.8. The largest absolute Gasteiger partial charge is 0.508 e. The first-order valence-electron chi connectivity index (χ1n) is 11.6. The normalized spacial score (nSPS) is 27.6. The molecule has 1 heterocycles. The third-order valence-electron chi connectivity index (χ3n) is 7.72. The third-order valence-corrected chi connectivity index (χ3v) is 7.72. The van der Waals surface area contributed by atoms with Crippen molar-refractivity contribution in [1.29, 1.82) is 0 Å². The number of carbonyl (C=O) groups excluding carboxylic acids is 3. The van der Waals surface area contributed by atoms with Gasteiger partial charge in [-0.1, -0.05) is 19.9 Å². The predicted octanol–water partition coefficient (Wildman–Crippen LogP) is 1.76. The van der Waals surface area contributed by atoms with Crippen LogP contribution < -0.4 is 5.73 Å². The van der Waals surface area contributed by atoms with E-state index >= 15 is 0 Å². The van der Waals surface area contributed by atoms with E-state index in [-0.39, 0.29) is 35.6 Å². The van der Waals surface area contributed by atoms with E-state index in [0.717, 1.165) is 0 Å². The Morgan fingerprint density at radius 2 is 1.81 bits per heavy atom. The number of rotatable bonds is 3. The molecule has 0 radical (unpaired) electrons. The van der Waals surface area contributed by atoms with Crippen LogP contribution in [0, 0.1) is 23.7 Å². The number of aliphatic hydroxyl groups is 3. The molecule has 0 unspecified atom stereocenters. The lowest BCUT2D eigenvalue weighted by atomic mass is 9.54. The Balaban J connectivity index is 1.75. The van der Waals surface area contributed by atoms with Gasteiger partial charge in [-0.15, -0.1) is 0 Å². The minimum absolute atomic E-state index is 0.0314. The zero-order valence-electron chi connectivity index (χ0n) is 19.6. The number of primary amides is 1. The van der Waals surface area contributed by atoms with Gasteiger partial charge in [0.05, 0.1) is 5.56 Å². The van der Waals surface area contributed by atoms with Crippen molar-refractivity contribution in [2.45, 2.75) is 32.3 Å². The zero-order valence-corrected chi connectivity index (χ0v) is 19.6. The van der Waals surface area contributed by atoms with Crippen molar-refractivity contribution >= 4 is 23.2 Å². The number of ketones is 2. The van der Waals surface area contributed by atoms with Crippen LogP contribution in [-0.4, -0.2) is 53.5 Å². The smallest absolute Gasteiger partial charge is 0.255 e.